The molecule has 0 radical (unpaired) electrons. The predicted molar refractivity (Wildman–Crippen MR) is 115 cm³/mol. The van der Waals surface area contributed by atoms with Crippen molar-refractivity contribution in [1.29, 1.82) is 0 Å². The fourth-order valence-corrected chi connectivity index (χ4v) is 4.00. The van der Waals surface area contributed by atoms with Crippen molar-refractivity contribution in [3.8, 4) is 0 Å². The minimum Gasteiger partial charge on any atom is -0.370 e. The second-order valence-corrected chi connectivity index (χ2v) is 7.47. The van der Waals surface area contributed by atoms with Gasteiger partial charge in [-0.1, -0.05) is 24.3 Å². The zero-order chi connectivity index (χ0) is 21.3. The van der Waals surface area contributed by atoms with Gasteiger partial charge in [-0.25, -0.2) is 0 Å². The van der Waals surface area contributed by atoms with Crippen molar-refractivity contribution in [2.24, 2.45) is 5.73 Å². The lowest BCUT2D eigenvalue weighted by Crippen LogP contribution is -2.31. The minimum absolute atomic E-state index is 0.243. The second-order valence-electron chi connectivity index (χ2n) is 7.47. The molecule has 2 N–H and O–H groups in total. The molecule has 152 valence electrons. The van der Waals surface area contributed by atoms with Gasteiger partial charge < -0.3 is 10.3 Å². The number of amides is 3. The number of benzene rings is 2. The highest BCUT2D eigenvalue weighted by molar-refractivity contribution is 6.21. The molecule has 0 spiro atoms. The highest BCUT2D eigenvalue weighted by atomic mass is 16.2. The molecule has 6 heteroatoms. The van der Waals surface area contributed by atoms with Crippen molar-refractivity contribution in [3.63, 3.8) is 0 Å². The van der Waals surface area contributed by atoms with E-state index in [-0.39, 0.29) is 17.7 Å². The number of nitrogens with zero attached hydrogens (tertiary/aromatic N) is 2. The second kappa shape index (κ2) is 7.99. The number of imide groups is 1. The number of hydrogen-bond donors (Lipinski definition) is 1. The Labute approximate surface area is 174 Å². The normalized spacial score (nSPS) is 13.1. The molecule has 0 unspecified atom stereocenters. The number of fused-ring (bicyclic) bond motifs is 2. The zero-order valence-electron chi connectivity index (χ0n) is 16.6. The van der Waals surface area contributed by atoms with Crippen LogP contribution in [-0.4, -0.2) is 33.7 Å². The number of aryl methyl sites for hydroxylation is 1. The van der Waals surface area contributed by atoms with Crippen LogP contribution < -0.4 is 5.73 Å². The molecule has 4 rings (SSSR count). The lowest BCUT2D eigenvalue weighted by Gasteiger charge is -2.13. The number of allylic oxidation sites excluding steroid dienone is 1. The summed E-state index contributed by atoms with van der Waals surface area (Å²) in [5, 5.41) is 1.05. The highest BCUT2D eigenvalue weighted by Gasteiger charge is 2.34. The van der Waals surface area contributed by atoms with Crippen LogP contribution in [0.3, 0.4) is 0 Å². The van der Waals surface area contributed by atoms with Gasteiger partial charge in [-0.2, -0.15) is 0 Å². The van der Waals surface area contributed by atoms with Crippen LogP contribution in [0.25, 0.3) is 10.9 Å². The van der Waals surface area contributed by atoms with Gasteiger partial charge in [0.1, 0.15) is 0 Å². The summed E-state index contributed by atoms with van der Waals surface area (Å²) in [5.41, 5.74) is 9.33. The maximum absolute atomic E-state index is 12.6. The number of aromatic nitrogens is 1. The summed E-state index contributed by atoms with van der Waals surface area (Å²) < 4.78 is 2.10. The summed E-state index contributed by atoms with van der Waals surface area (Å²) in [6.07, 6.45) is 5.29. The first-order chi connectivity index (χ1) is 14.5. The maximum Gasteiger partial charge on any atom is 0.261 e. The molecule has 0 fully saturated rings. The topological polar surface area (TPSA) is 85.4 Å². The van der Waals surface area contributed by atoms with E-state index in [0.717, 1.165) is 22.0 Å². The van der Waals surface area contributed by atoms with Gasteiger partial charge in [-0.15, -0.1) is 6.58 Å². The average molecular weight is 401 g/mol. The van der Waals surface area contributed by atoms with Crippen molar-refractivity contribution in [1.82, 2.24) is 9.47 Å². The van der Waals surface area contributed by atoms with Crippen LogP contribution in [-0.2, 0) is 24.2 Å². The van der Waals surface area contributed by atoms with E-state index in [1.54, 1.807) is 24.3 Å². The zero-order valence-corrected chi connectivity index (χ0v) is 16.6. The van der Waals surface area contributed by atoms with Gasteiger partial charge >= 0.3 is 0 Å². The van der Waals surface area contributed by atoms with E-state index in [1.165, 1.54) is 4.90 Å². The number of hydrogen-bond acceptors (Lipinski definition) is 3. The number of rotatable bonds is 8. The molecule has 0 atom stereocenters. The van der Waals surface area contributed by atoms with Gasteiger partial charge in [0.2, 0.25) is 5.91 Å². The monoisotopic (exact) mass is 401 g/mol. The number of primary amides is 1. The molecule has 0 bridgehead atoms. The van der Waals surface area contributed by atoms with Gasteiger partial charge in [0.05, 0.1) is 11.1 Å². The smallest absolute Gasteiger partial charge is 0.261 e. The Balaban J connectivity index is 1.61. The summed E-state index contributed by atoms with van der Waals surface area (Å²) in [6, 6.07) is 13.0. The number of nitrogens with two attached hydrogens (primary N) is 1. The average Bonchev–Trinajstić information content (AvgIpc) is 3.20. The Hall–Kier alpha value is -3.67. The standard InChI is InChI=1S/C24H23N3O3/c1-2-12-26-15-17(20-14-16(7-9-21(20)26)8-10-22(25)28)11-13-27-23(29)18-5-3-4-6-19(18)24(27)30/h2-7,9,14-15H,1,8,10-13H2,(H2,25,28). The molecule has 30 heavy (non-hydrogen) atoms. The predicted octanol–water partition coefficient (Wildman–Crippen LogP) is 3.08. The van der Waals surface area contributed by atoms with Crippen LogP contribution in [0, 0.1) is 0 Å². The van der Waals surface area contributed by atoms with E-state index in [2.05, 4.69) is 17.2 Å². The van der Waals surface area contributed by atoms with Crippen LogP contribution in [0.4, 0.5) is 0 Å². The molecule has 2 heterocycles. The molecule has 1 aliphatic rings. The minimum atomic E-state index is -0.329. The van der Waals surface area contributed by atoms with E-state index in [9.17, 15) is 14.4 Å². The van der Waals surface area contributed by atoms with Crippen LogP contribution in [0.15, 0.2) is 61.3 Å². The third-order valence-corrected chi connectivity index (χ3v) is 5.50. The van der Waals surface area contributed by atoms with Crippen molar-refractivity contribution in [3.05, 3.63) is 83.6 Å². The summed E-state index contributed by atoms with van der Waals surface area (Å²) in [6.45, 7) is 4.79. The van der Waals surface area contributed by atoms with E-state index in [4.69, 9.17) is 5.73 Å². The van der Waals surface area contributed by atoms with Crippen LogP contribution in [0.5, 0.6) is 0 Å². The van der Waals surface area contributed by atoms with Crippen LogP contribution in [0.1, 0.15) is 38.3 Å². The van der Waals surface area contributed by atoms with Crippen molar-refractivity contribution in [2.45, 2.75) is 25.8 Å². The van der Waals surface area contributed by atoms with Crippen LogP contribution in [0.2, 0.25) is 0 Å². The largest absolute Gasteiger partial charge is 0.370 e. The quantitative estimate of drug-likeness (QED) is 0.465. The maximum atomic E-state index is 12.6. The van der Waals surface area contributed by atoms with Crippen molar-refractivity contribution >= 4 is 28.6 Å². The lowest BCUT2D eigenvalue weighted by atomic mass is 10.0. The Bertz CT molecular complexity index is 1140. The molecule has 1 aliphatic heterocycles. The van der Waals surface area contributed by atoms with Crippen LogP contribution >= 0.6 is 0 Å². The Morgan fingerprint density at radius 3 is 2.37 bits per heavy atom. The molecule has 3 amide bonds. The first kappa shape index (κ1) is 19.6. The fraction of sp³-hybridized carbons (Fsp3) is 0.208. The fourth-order valence-electron chi connectivity index (χ4n) is 4.00. The third-order valence-electron chi connectivity index (χ3n) is 5.50. The lowest BCUT2D eigenvalue weighted by molar-refractivity contribution is -0.118. The SMILES string of the molecule is C=CCn1cc(CCN2C(=O)c3ccccc3C2=O)c2cc(CCC(N)=O)ccc21. The molecule has 1 aromatic heterocycles. The number of carbonyl (C=O) groups is 3. The Morgan fingerprint density at radius 2 is 1.73 bits per heavy atom. The van der Waals surface area contributed by atoms with Gasteiger partial charge in [-0.3, -0.25) is 19.3 Å². The van der Waals surface area contributed by atoms with E-state index in [0.29, 0.717) is 43.5 Å². The molecule has 6 nitrogen and oxygen atoms in total. The highest BCUT2D eigenvalue weighted by Crippen LogP contribution is 2.27. The number of carbonyl (C=O) groups excluding carboxylic acids is 3. The molecule has 0 saturated heterocycles. The van der Waals surface area contributed by atoms with Gasteiger partial charge in [0, 0.05) is 36.6 Å². The summed E-state index contributed by atoms with van der Waals surface area (Å²) >= 11 is 0. The van der Waals surface area contributed by atoms with Crippen molar-refractivity contribution < 1.29 is 14.4 Å². The van der Waals surface area contributed by atoms with Gasteiger partial charge in [-0.05, 0) is 48.2 Å². The van der Waals surface area contributed by atoms with Gasteiger partial charge in [0.25, 0.3) is 11.8 Å². The van der Waals surface area contributed by atoms with E-state index < -0.39 is 0 Å². The molecule has 2 aromatic carbocycles. The summed E-state index contributed by atoms with van der Waals surface area (Å²) in [4.78, 5) is 37.7. The summed E-state index contributed by atoms with van der Waals surface area (Å²) in [7, 11) is 0. The van der Waals surface area contributed by atoms with Gasteiger partial charge in [0.15, 0.2) is 0 Å². The Morgan fingerprint density at radius 1 is 1.03 bits per heavy atom. The van der Waals surface area contributed by atoms with E-state index in [1.807, 2.05) is 24.4 Å². The van der Waals surface area contributed by atoms with Crippen molar-refractivity contribution in [2.75, 3.05) is 6.54 Å². The van der Waals surface area contributed by atoms with E-state index >= 15 is 0 Å². The third kappa shape index (κ3) is 3.52. The first-order valence-electron chi connectivity index (χ1n) is 9.94. The molecule has 0 saturated carbocycles. The molecule has 0 aliphatic carbocycles. The molecule has 3 aromatic rings. The molecular formula is C24H23N3O3. The molecular weight excluding hydrogens is 378 g/mol. The summed E-state index contributed by atoms with van der Waals surface area (Å²) in [5.74, 6) is -0.815. The first-order valence-corrected chi connectivity index (χ1v) is 9.94. The Kier molecular flexibility index (Phi) is 5.23.